The highest BCUT2D eigenvalue weighted by atomic mass is 19.1. The molecule has 0 atom stereocenters. The van der Waals surface area contributed by atoms with Gasteiger partial charge in [0, 0.05) is 18.6 Å². The number of nitrogens with one attached hydrogen (secondary N) is 1. The van der Waals surface area contributed by atoms with E-state index in [0.29, 0.717) is 0 Å². The smallest absolute Gasteiger partial charge is 0.123 e. The first-order valence-electron chi connectivity index (χ1n) is 5.54. The molecule has 0 aliphatic carbocycles. The molecule has 0 unspecified atom stereocenters. The van der Waals surface area contributed by atoms with Crippen LogP contribution in [0.5, 0.6) is 0 Å². The maximum Gasteiger partial charge on any atom is 0.123 e. The molecule has 0 spiro atoms. The summed E-state index contributed by atoms with van der Waals surface area (Å²) in [5, 5.41) is 3.38. The quantitative estimate of drug-likeness (QED) is 0.825. The fraction of sp³-hybridized carbons (Fsp3) is 0.538. The molecule has 0 fully saturated rings. The Labute approximate surface area is 97.5 Å². The number of rotatable bonds is 5. The van der Waals surface area contributed by atoms with Crippen LogP contribution in [0.4, 0.5) is 4.39 Å². The zero-order chi connectivity index (χ0) is 12.2. The van der Waals surface area contributed by atoms with Gasteiger partial charge in [0.2, 0.25) is 0 Å². The minimum Gasteiger partial charge on any atom is -0.311 e. The summed E-state index contributed by atoms with van der Waals surface area (Å²) in [6, 6.07) is 6.61. The molecule has 1 aromatic carbocycles. The summed E-state index contributed by atoms with van der Waals surface area (Å²) in [7, 11) is 4.14. The molecule has 90 valence electrons. The zero-order valence-corrected chi connectivity index (χ0v) is 10.5. The van der Waals surface area contributed by atoms with Crippen LogP contribution in [0, 0.1) is 5.82 Å². The van der Waals surface area contributed by atoms with E-state index in [2.05, 4.69) is 38.2 Å². The highest BCUT2D eigenvalue weighted by Gasteiger charge is 2.19. The second-order valence-corrected chi connectivity index (χ2v) is 4.94. The number of hydrogen-bond donors (Lipinski definition) is 1. The summed E-state index contributed by atoms with van der Waals surface area (Å²) in [5.74, 6) is -0.183. The van der Waals surface area contributed by atoms with Crippen molar-refractivity contribution in [2.24, 2.45) is 0 Å². The Morgan fingerprint density at radius 3 is 2.25 bits per heavy atom. The maximum atomic E-state index is 12.7. The molecule has 16 heavy (non-hydrogen) atoms. The number of benzene rings is 1. The van der Waals surface area contributed by atoms with Crippen LogP contribution in [0.3, 0.4) is 0 Å². The van der Waals surface area contributed by atoms with Crippen LogP contribution in [0.25, 0.3) is 0 Å². The van der Waals surface area contributed by atoms with Gasteiger partial charge in [-0.05, 0) is 45.6 Å². The second-order valence-electron chi connectivity index (χ2n) is 4.94. The van der Waals surface area contributed by atoms with Crippen molar-refractivity contribution in [2.45, 2.75) is 25.9 Å². The third-order valence-electron chi connectivity index (χ3n) is 3.01. The molecule has 0 saturated carbocycles. The minimum absolute atomic E-state index is 0.125. The van der Waals surface area contributed by atoms with Crippen LogP contribution in [-0.2, 0) is 6.54 Å². The largest absolute Gasteiger partial charge is 0.311 e. The molecule has 1 rings (SSSR count). The molecule has 1 N–H and O–H groups in total. The van der Waals surface area contributed by atoms with Crippen molar-refractivity contribution in [2.75, 3.05) is 20.6 Å². The Balaban J connectivity index is 2.39. The summed E-state index contributed by atoms with van der Waals surface area (Å²) in [6.07, 6.45) is 0. The molecule has 0 amide bonds. The molecule has 0 aliphatic heterocycles. The number of likely N-dealkylation sites (N-methyl/N-ethyl adjacent to an activating group) is 1. The summed E-state index contributed by atoms with van der Waals surface area (Å²) in [4.78, 5) is 2.19. The van der Waals surface area contributed by atoms with Gasteiger partial charge in [-0.25, -0.2) is 4.39 Å². The third kappa shape index (κ3) is 3.91. The third-order valence-corrected chi connectivity index (χ3v) is 3.01. The zero-order valence-electron chi connectivity index (χ0n) is 10.5. The van der Waals surface area contributed by atoms with E-state index < -0.39 is 0 Å². The molecular weight excluding hydrogens is 203 g/mol. The molecule has 0 aliphatic rings. The van der Waals surface area contributed by atoms with Gasteiger partial charge in [-0.2, -0.15) is 0 Å². The first-order chi connectivity index (χ1) is 7.42. The van der Waals surface area contributed by atoms with Crippen LogP contribution < -0.4 is 5.32 Å². The van der Waals surface area contributed by atoms with E-state index in [-0.39, 0.29) is 11.4 Å². The predicted octanol–water partition coefficient (Wildman–Crippen LogP) is 2.26. The van der Waals surface area contributed by atoms with E-state index in [0.717, 1.165) is 18.7 Å². The lowest BCUT2D eigenvalue weighted by atomic mass is 10.0. The number of hydrogen-bond acceptors (Lipinski definition) is 2. The normalized spacial score (nSPS) is 12.1. The van der Waals surface area contributed by atoms with Crippen molar-refractivity contribution >= 4 is 0 Å². The van der Waals surface area contributed by atoms with Gasteiger partial charge in [-0.1, -0.05) is 12.1 Å². The van der Waals surface area contributed by atoms with Crippen molar-refractivity contribution in [3.05, 3.63) is 35.6 Å². The lowest BCUT2D eigenvalue weighted by Gasteiger charge is -2.32. The Morgan fingerprint density at radius 1 is 1.19 bits per heavy atom. The molecule has 0 saturated heterocycles. The fourth-order valence-electron chi connectivity index (χ4n) is 1.27. The van der Waals surface area contributed by atoms with E-state index in [1.165, 1.54) is 12.1 Å². The van der Waals surface area contributed by atoms with E-state index in [9.17, 15) is 4.39 Å². The van der Waals surface area contributed by atoms with E-state index >= 15 is 0 Å². The molecule has 0 radical (unpaired) electrons. The molecule has 0 heterocycles. The average molecular weight is 224 g/mol. The van der Waals surface area contributed by atoms with Gasteiger partial charge in [0.1, 0.15) is 5.82 Å². The summed E-state index contributed by atoms with van der Waals surface area (Å²) >= 11 is 0. The summed E-state index contributed by atoms with van der Waals surface area (Å²) in [6.45, 7) is 6.05. The van der Waals surface area contributed by atoms with Gasteiger partial charge in [0.05, 0.1) is 0 Å². The molecular formula is C13H21FN2. The van der Waals surface area contributed by atoms with Crippen molar-refractivity contribution in [3.8, 4) is 0 Å². The SMILES string of the molecule is CN(C)C(C)(C)CNCc1ccc(F)cc1. The molecule has 2 nitrogen and oxygen atoms in total. The average Bonchev–Trinajstić information content (AvgIpc) is 2.20. The predicted molar refractivity (Wildman–Crippen MR) is 65.9 cm³/mol. The van der Waals surface area contributed by atoms with E-state index in [1.807, 2.05) is 12.1 Å². The van der Waals surface area contributed by atoms with Crippen LogP contribution in [-0.4, -0.2) is 31.1 Å². The summed E-state index contributed by atoms with van der Waals surface area (Å²) < 4.78 is 12.7. The van der Waals surface area contributed by atoms with Gasteiger partial charge < -0.3 is 10.2 Å². The van der Waals surface area contributed by atoms with Gasteiger partial charge in [0.25, 0.3) is 0 Å². The van der Waals surface area contributed by atoms with Gasteiger partial charge in [-0.3, -0.25) is 0 Å². The van der Waals surface area contributed by atoms with Crippen LogP contribution in [0.2, 0.25) is 0 Å². The number of nitrogens with zero attached hydrogens (tertiary/aromatic N) is 1. The first-order valence-corrected chi connectivity index (χ1v) is 5.54. The first kappa shape index (κ1) is 13.1. The second kappa shape index (κ2) is 5.41. The van der Waals surface area contributed by atoms with Crippen molar-refractivity contribution in [1.29, 1.82) is 0 Å². The lowest BCUT2D eigenvalue weighted by Crippen LogP contribution is -2.46. The van der Waals surface area contributed by atoms with Crippen LogP contribution >= 0.6 is 0 Å². The minimum atomic E-state index is -0.183. The van der Waals surface area contributed by atoms with Crippen LogP contribution in [0.1, 0.15) is 19.4 Å². The lowest BCUT2D eigenvalue weighted by molar-refractivity contribution is 0.190. The van der Waals surface area contributed by atoms with Gasteiger partial charge in [-0.15, -0.1) is 0 Å². The van der Waals surface area contributed by atoms with Crippen molar-refractivity contribution in [3.63, 3.8) is 0 Å². The Hall–Kier alpha value is -0.930. The molecule has 1 aromatic rings. The maximum absolute atomic E-state index is 12.7. The Morgan fingerprint density at radius 2 is 1.75 bits per heavy atom. The van der Waals surface area contributed by atoms with E-state index in [4.69, 9.17) is 0 Å². The summed E-state index contributed by atoms with van der Waals surface area (Å²) in [5.41, 5.74) is 1.23. The monoisotopic (exact) mass is 224 g/mol. The Bertz CT molecular complexity index is 317. The Kier molecular flexibility index (Phi) is 4.44. The van der Waals surface area contributed by atoms with E-state index in [1.54, 1.807) is 0 Å². The number of halogens is 1. The highest BCUT2D eigenvalue weighted by Crippen LogP contribution is 2.08. The van der Waals surface area contributed by atoms with Crippen molar-refractivity contribution in [1.82, 2.24) is 10.2 Å². The highest BCUT2D eigenvalue weighted by molar-refractivity contribution is 5.15. The molecule has 0 aromatic heterocycles. The fourth-order valence-corrected chi connectivity index (χ4v) is 1.27. The molecule has 0 bridgehead atoms. The van der Waals surface area contributed by atoms with Crippen molar-refractivity contribution < 1.29 is 4.39 Å². The van der Waals surface area contributed by atoms with Gasteiger partial charge >= 0.3 is 0 Å². The molecule has 3 heteroatoms. The topological polar surface area (TPSA) is 15.3 Å². The van der Waals surface area contributed by atoms with Gasteiger partial charge in [0.15, 0.2) is 0 Å². The standard InChI is InChI=1S/C13H21FN2/c1-13(2,16(3)4)10-15-9-11-5-7-12(14)8-6-11/h5-8,15H,9-10H2,1-4H3. The van der Waals surface area contributed by atoms with Crippen LogP contribution in [0.15, 0.2) is 24.3 Å².